The molecule has 0 aromatic heterocycles. The van der Waals surface area contributed by atoms with Crippen molar-refractivity contribution in [2.24, 2.45) is 11.7 Å². The molecule has 0 bridgehead atoms. The summed E-state index contributed by atoms with van der Waals surface area (Å²) in [5, 5.41) is 20.4. The lowest BCUT2D eigenvalue weighted by Crippen LogP contribution is -2.61. The molecule has 1 fully saturated rings. The Kier molecular flexibility index (Phi) is 5.03. The van der Waals surface area contributed by atoms with Crippen LogP contribution in [0.25, 0.3) is 0 Å². The van der Waals surface area contributed by atoms with Gasteiger partial charge in [-0.3, -0.25) is 14.8 Å². The molecular formula is C16H23N3O4. The van der Waals surface area contributed by atoms with Gasteiger partial charge in [0.05, 0.1) is 0 Å². The fourth-order valence-corrected chi connectivity index (χ4v) is 2.61. The number of hydroxylamine groups is 1. The van der Waals surface area contributed by atoms with Gasteiger partial charge >= 0.3 is 0 Å². The fraction of sp³-hybridized carbons (Fsp3) is 0.500. The minimum Gasteiger partial charge on any atom is -0.396 e. The Balaban J connectivity index is 2.06. The van der Waals surface area contributed by atoms with Crippen molar-refractivity contribution in [3.63, 3.8) is 0 Å². The van der Waals surface area contributed by atoms with E-state index in [1.807, 2.05) is 12.1 Å². The number of rotatable bonds is 6. The fourth-order valence-electron chi connectivity index (χ4n) is 2.61. The second kappa shape index (κ2) is 6.66. The number of benzene rings is 1. The molecule has 0 saturated heterocycles. The van der Waals surface area contributed by atoms with E-state index < -0.39 is 23.4 Å². The maximum atomic E-state index is 12.3. The maximum absolute atomic E-state index is 12.3. The van der Waals surface area contributed by atoms with E-state index in [1.165, 1.54) is 5.48 Å². The van der Waals surface area contributed by atoms with Crippen molar-refractivity contribution in [2.75, 3.05) is 6.61 Å². The average Bonchev–Trinajstić information content (AvgIpc) is 3.30. The molecule has 2 amide bonds. The molecule has 1 aromatic carbocycles. The van der Waals surface area contributed by atoms with Gasteiger partial charge in [-0.15, -0.1) is 0 Å². The number of hydrogen-bond donors (Lipinski definition) is 5. The molecule has 7 heteroatoms. The Hall–Kier alpha value is -1.96. The number of nitrogens with two attached hydrogens (primary N) is 1. The molecule has 0 heterocycles. The molecule has 7 nitrogen and oxygen atoms in total. The zero-order valence-corrected chi connectivity index (χ0v) is 13.2. The van der Waals surface area contributed by atoms with Crippen molar-refractivity contribution in [1.82, 2.24) is 10.8 Å². The Morgan fingerprint density at radius 3 is 2.39 bits per heavy atom. The van der Waals surface area contributed by atoms with Crippen LogP contribution in [0.15, 0.2) is 24.3 Å². The highest BCUT2D eigenvalue weighted by Gasteiger charge is 2.37. The quantitative estimate of drug-likeness (QED) is 0.376. The molecule has 0 spiro atoms. The number of aliphatic hydroxyl groups excluding tert-OH is 1. The van der Waals surface area contributed by atoms with Gasteiger partial charge in [-0.05, 0) is 49.8 Å². The number of aliphatic hydroxyl groups is 1. The molecular weight excluding hydrogens is 298 g/mol. The van der Waals surface area contributed by atoms with Gasteiger partial charge in [-0.1, -0.05) is 12.1 Å². The summed E-state index contributed by atoms with van der Waals surface area (Å²) in [7, 11) is 0. The zero-order valence-electron chi connectivity index (χ0n) is 13.2. The summed E-state index contributed by atoms with van der Waals surface area (Å²) < 4.78 is 0. The van der Waals surface area contributed by atoms with E-state index in [2.05, 4.69) is 5.32 Å². The van der Waals surface area contributed by atoms with Gasteiger partial charge in [-0.2, -0.15) is 0 Å². The van der Waals surface area contributed by atoms with Crippen LogP contribution in [-0.2, 0) is 4.79 Å². The lowest BCUT2D eigenvalue weighted by atomic mass is 9.95. The third kappa shape index (κ3) is 4.07. The molecule has 1 aliphatic carbocycles. The molecule has 1 aliphatic rings. The third-order valence-electron chi connectivity index (χ3n) is 4.15. The average molecular weight is 321 g/mol. The first-order chi connectivity index (χ1) is 10.8. The molecule has 0 radical (unpaired) electrons. The van der Waals surface area contributed by atoms with Gasteiger partial charge in [0.2, 0.25) is 0 Å². The van der Waals surface area contributed by atoms with Crippen LogP contribution in [0.5, 0.6) is 0 Å². The van der Waals surface area contributed by atoms with Gasteiger partial charge in [0.1, 0.15) is 6.04 Å². The predicted molar refractivity (Wildman–Crippen MR) is 83.8 cm³/mol. The summed E-state index contributed by atoms with van der Waals surface area (Å²) in [6.07, 6.45) is 0.960. The van der Waals surface area contributed by atoms with Crippen molar-refractivity contribution >= 4 is 11.8 Å². The first-order valence-corrected chi connectivity index (χ1v) is 7.52. The summed E-state index contributed by atoms with van der Waals surface area (Å²) >= 11 is 0. The lowest BCUT2D eigenvalue weighted by molar-refractivity contribution is -0.132. The Morgan fingerprint density at radius 2 is 1.96 bits per heavy atom. The van der Waals surface area contributed by atoms with E-state index in [9.17, 15) is 9.59 Å². The summed E-state index contributed by atoms with van der Waals surface area (Å²) in [5.74, 6) is -0.553. The molecule has 0 aliphatic heterocycles. The van der Waals surface area contributed by atoms with Crippen molar-refractivity contribution < 1.29 is 19.9 Å². The summed E-state index contributed by atoms with van der Waals surface area (Å²) in [6.45, 7) is 3.34. The smallest absolute Gasteiger partial charge is 0.267 e. The van der Waals surface area contributed by atoms with Crippen molar-refractivity contribution in [1.29, 1.82) is 0 Å². The SMILES string of the molecule is CC(C)(N)[C@H](NC(=O)c1ccc(C2C[C@@H]2CO)cc1)C(=O)NO. The van der Waals surface area contributed by atoms with Crippen molar-refractivity contribution in [3.05, 3.63) is 35.4 Å². The van der Waals surface area contributed by atoms with Gasteiger partial charge in [0, 0.05) is 17.7 Å². The highest BCUT2D eigenvalue weighted by molar-refractivity contribution is 5.97. The van der Waals surface area contributed by atoms with Gasteiger partial charge in [0.25, 0.3) is 11.8 Å². The number of carbonyl (C=O) groups excluding carboxylic acids is 2. The monoisotopic (exact) mass is 321 g/mol. The Morgan fingerprint density at radius 1 is 1.35 bits per heavy atom. The largest absolute Gasteiger partial charge is 0.396 e. The second-order valence-corrected chi connectivity index (χ2v) is 6.61. The first-order valence-electron chi connectivity index (χ1n) is 7.52. The van der Waals surface area contributed by atoms with Gasteiger partial charge in [-0.25, -0.2) is 5.48 Å². The van der Waals surface area contributed by atoms with E-state index in [4.69, 9.17) is 16.0 Å². The zero-order chi connectivity index (χ0) is 17.2. The van der Waals surface area contributed by atoms with Crippen LogP contribution in [-0.4, -0.2) is 40.3 Å². The Bertz CT molecular complexity index is 580. The van der Waals surface area contributed by atoms with Crippen molar-refractivity contribution in [2.45, 2.75) is 37.8 Å². The van der Waals surface area contributed by atoms with Crippen LogP contribution in [0.3, 0.4) is 0 Å². The second-order valence-electron chi connectivity index (χ2n) is 6.61. The number of hydrogen-bond acceptors (Lipinski definition) is 5. The molecule has 1 unspecified atom stereocenters. The molecule has 1 aromatic rings. The standard InChI is InChI=1S/C16H23N3O4/c1-16(2,17)13(15(22)19-23)18-14(21)10-5-3-9(4-6-10)12-7-11(12)8-20/h3-6,11-13,20,23H,7-8,17H2,1-2H3,(H,18,21)(H,19,22)/t11-,12?,13-/m1/s1. The highest BCUT2D eigenvalue weighted by Crippen LogP contribution is 2.46. The van der Waals surface area contributed by atoms with Crippen LogP contribution in [0.2, 0.25) is 0 Å². The summed E-state index contributed by atoms with van der Waals surface area (Å²) in [6, 6.07) is 5.99. The molecule has 1 saturated carbocycles. The molecule has 6 N–H and O–H groups in total. The van der Waals surface area contributed by atoms with Crippen LogP contribution in [0.4, 0.5) is 0 Å². The topological polar surface area (TPSA) is 125 Å². The van der Waals surface area contributed by atoms with Gasteiger partial charge < -0.3 is 16.2 Å². The Labute approximate surface area is 134 Å². The van der Waals surface area contributed by atoms with Crippen LogP contribution < -0.4 is 16.5 Å². The number of amides is 2. The van der Waals surface area contributed by atoms with E-state index >= 15 is 0 Å². The lowest BCUT2D eigenvalue weighted by Gasteiger charge is -2.29. The highest BCUT2D eigenvalue weighted by atomic mass is 16.5. The summed E-state index contributed by atoms with van der Waals surface area (Å²) in [4.78, 5) is 23.9. The van der Waals surface area contributed by atoms with E-state index in [0.717, 1.165) is 12.0 Å². The minimum atomic E-state index is -1.07. The van der Waals surface area contributed by atoms with E-state index in [-0.39, 0.29) is 6.61 Å². The first kappa shape index (κ1) is 17.4. The molecule has 2 rings (SSSR count). The molecule has 3 atom stereocenters. The normalized spacial score (nSPS) is 21.4. The van der Waals surface area contributed by atoms with E-state index in [1.54, 1.807) is 26.0 Å². The maximum Gasteiger partial charge on any atom is 0.267 e. The van der Waals surface area contributed by atoms with Crippen molar-refractivity contribution in [3.8, 4) is 0 Å². The number of carbonyl (C=O) groups is 2. The van der Waals surface area contributed by atoms with E-state index in [0.29, 0.717) is 17.4 Å². The summed E-state index contributed by atoms with van der Waals surface area (Å²) in [5.41, 5.74) is 7.84. The molecule has 126 valence electrons. The third-order valence-corrected chi connectivity index (χ3v) is 4.15. The van der Waals surface area contributed by atoms with Gasteiger partial charge in [0.15, 0.2) is 0 Å². The number of nitrogens with one attached hydrogen (secondary N) is 2. The minimum absolute atomic E-state index is 0.177. The predicted octanol–water partition coefficient (Wildman–Crippen LogP) is 0.124. The van der Waals surface area contributed by atoms with Crippen LogP contribution in [0.1, 0.15) is 42.1 Å². The van der Waals surface area contributed by atoms with Crippen LogP contribution in [0, 0.1) is 5.92 Å². The molecule has 23 heavy (non-hydrogen) atoms. The van der Waals surface area contributed by atoms with Crippen LogP contribution >= 0.6 is 0 Å².